The second kappa shape index (κ2) is 6.13. The second-order valence-electron chi connectivity index (χ2n) is 4.50. The first-order chi connectivity index (χ1) is 10.8. The molecule has 7 heteroatoms. The van der Waals surface area contributed by atoms with E-state index in [4.69, 9.17) is 0 Å². The van der Waals surface area contributed by atoms with Gasteiger partial charge in [-0.15, -0.1) is 0 Å². The SMILES string of the molecule is CCNC(=O)n1cc(-c2ccncn2)c(-c2ccncc2)n1. The molecule has 22 heavy (non-hydrogen) atoms. The normalized spacial score (nSPS) is 10.4. The summed E-state index contributed by atoms with van der Waals surface area (Å²) in [5.74, 6) is 0. The van der Waals surface area contributed by atoms with Crippen LogP contribution in [0.2, 0.25) is 0 Å². The van der Waals surface area contributed by atoms with E-state index < -0.39 is 0 Å². The predicted octanol–water partition coefficient (Wildman–Crippen LogP) is 1.98. The van der Waals surface area contributed by atoms with Crippen LogP contribution in [0.3, 0.4) is 0 Å². The maximum Gasteiger partial charge on any atom is 0.342 e. The van der Waals surface area contributed by atoms with E-state index in [2.05, 4.69) is 25.4 Å². The maximum atomic E-state index is 12.0. The standard InChI is InChI=1S/C15H14N6O/c1-2-18-15(22)21-9-12(13-5-8-17-10-19-13)14(20-21)11-3-6-16-7-4-11/h3-10H,2H2,1H3,(H,18,22). The summed E-state index contributed by atoms with van der Waals surface area (Å²) in [7, 11) is 0. The predicted molar refractivity (Wildman–Crippen MR) is 81.0 cm³/mol. The molecule has 0 saturated carbocycles. The molecule has 0 fully saturated rings. The number of hydrogen-bond acceptors (Lipinski definition) is 5. The Hall–Kier alpha value is -3.09. The van der Waals surface area contributed by atoms with Crippen molar-refractivity contribution in [3.63, 3.8) is 0 Å². The lowest BCUT2D eigenvalue weighted by atomic mass is 10.1. The van der Waals surface area contributed by atoms with Crippen molar-refractivity contribution in [2.45, 2.75) is 6.92 Å². The van der Waals surface area contributed by atoms with Crippen LogP contribution in [-0.2, 0) is 0 Å². The van der Waals surface area contributed by atoms with Crippen LogP contribution in [0.5, 0.6) is 0 Å². The minimum Gasteiger partial charge on any atom is -0.336 e. The molecule has 1 N–H and O–H groups in total. The third kappa shape index (κ3) is 2.69. The summed E-state index contributed by atoms with van der Waals surface area (Å²) in [4.78, 5) is 24.2. The second-order valence-corrected chi connectivity index (χ2v) is 4.50. The lowest BCUT2D eigenvalue weighted by molar-refractivity contribution is 0.240. The average Bonchev–Trinajstić information content (AvgIpc) is 3.02. The molecule has 3 aromatic heterocycles. The van der Waals surface area contributed by atoms with Gasteiger partial charge < -0.3 is 5.32 Å². The number of nitrogens with one attached hydrogen (secondary N) is 1. The smallest absolute Gasteiger partial charge is 0.336 e. The van der Waals surface area contributed by atoms with E-state index in [1.807, 2.05) is 19.1 Å². The van der Waals surface area contributed by atoms with Gasteiger partial charge in [-0.3, -0.25) is 4.98 Å². The number of pyridine rings is 1. The Morgan fingerprint density at radius 3 is 2.64 bits per heavy atom. The van der Waals surface area contributed by atoms with Crippen LogP contribution in [0.15, 0.2) is 49.3 Å². The van der Waals surface area contributed by atoms with E-state index >= 15 is 0 Å². The lowest BCUT2D eigenvalue weighted by Gasteiger charge is -2.01. The Balaban J connectivity index is 2.12. The summed E-state index contributed by atoms with van der Waals surface area (Å²) >= 11 is 0. The van der Waals surface area contributed by atoms with Crippen molar-refractivity contribution in [3.05, 3.63) is 49.3 Å². The Labute approximate surface area is 127 Å². The third-order valence-corrected chi connectivity index (χ3v) is 3.06. The Morgan fingerprint density at radius 1 is 1.18 bits per heavy atom. The fourth-order valence-electron chi connectivity index (χ4n) is 2.07. The highest BCUT2D eigenvalue weighted by Crippen LogP contribution is 2.28. The minimum absolute atomic E-state index is 0.280. The molecule has 0 unspecified atom stereocenters. The number of hydrogen-bond donors (Lipinski definition) is 1. The fourth-order valence-corrected chi connectivity index (χ4v) is 2.07. The Morgan fingerprint density at radius 2 is 1.95 bits per heavy atom. The molecule has 3 heterocycles. The number of amides is 1. The van der Waals surface area contributed by atoms with Crippen molar-refractivity contribution in [2.75, 3.05) is 6.54 Å². The summed E-state index contributed by atoms with van der Waals surface area (Å²) in [6, 6.07) is 5.19. The average molecular weight is 294 g/mol. The molecule has 0 bridgehead atoms. The van der Waals surface area contributed by atoms with Crippen molar-refractivity contribution in [3.8, 4) is 22.5 Å². The highest BCUT2D eigenvalue weighted by atomic mass is 16.2. The Bertz CT molecular complexity index is 712. The first-order valence-corrected chi connectivity index (χ1v) is 6.84. The van der Waals surface area contributed by atoms with Gasteiger partial charge in [0.05, 0.1) is 5.69 Å². The van der Waals surface area contributed by atoms with Gasteiger partial charge in [0.1, 0.15) is 12.0 Å². The van der Waals surface area contributed by atoms with E-state index in [0.717, 1.165) is 11.1 Å². The molecule has 0 aliphatic rings. The van der Waals surface area contributed by atoms with Gasteiger partial charge in [-0.1, -0.05) is 0 Å². The molecule has 0 atom stereocenters. The molecule has 0 aliphatic heterocycles. The minimum atomic E-state index is -0.280. The van der Waals surface area contributed by atoms with E-state index in [-0.39, 0.29) is 6.03 Å². The van der Waals surface area contributed by atoms with Crippen molar-refractivity contribution >= 4 is 6.03 Å². The van der Waals surface area contributed by atoms with Gasteiger partial charge in [0.25, 0.3) is 0 Å². The monoisotopic (exact) mass is 294 g/mol. The van der Waals surface area contributed by atoms with Gasteiger partial charge in [0.15, 0.2) is 0 Å². The van der Waals surface area contributed by atoms with Crippen LogP contribution in [0.25, 0.3) is 22.5 Å². The Kier molecular flexibility index (Phi) is 3.86. The molecule has 3 rings (SSSR count). The zero-order chi connectivity index (χ0) is 15.4. The van der Waals surface area contributed by atoms with E-state index in [1.165, 1.54) is 11.0 Å². The molecular formula is C15H14N6O. The van der Waals surface area contributed by atoms with E-state index in [0.29, 0.717) is 17.9 Å². The highest BCUT2D eigenvalue weighted by Gasteiger charge is 2.16. The van der Waals surface area contributed by atoms with Gasteiger partial charge in [0, 0.05) is 42.5 Å². The van der Waals surface area contributed by atoms with Gasteiger partial charge in [-0.25, -0.2) is 14.8 Å². The molecular weight excluding hydrogens is 280 g/mol. The summed E-state index contributed by atoms with van der Waals surface area (Å²) < 4.78 is 1.29. The van der Waals surface area contributed by atoms with Crippen LogP contribution in [0, 0.1) is 0 Å². The van der Waals surface area contributed by atoms with Crippen molar-refractivity contribution < 1.29 is 4.79 Å². The van der Waals surface area contributed by atoms with Gasteiger partial charge in [-0.05, 0) is 25.1 Å². The van der Waals surface area contributed by atoms with Crippen LogP contribution in [0.4, 0.5) is 4.79 Å². The largest absolute Gasteiger partial charge is 0.342 e. The molecule has 0 aromatic carbocycles. The number of carbonyl (C=O) groups is 1. The zero-order valence-electron chi connectivity index (χ0n) is 12.0. The molecule has 3 aromatic rings. The molecule has 0 saturated heterocycles. The van der Waals surface area contributed by atoms with Crippen molar-refractivity contribution in [2.24, 2.45) is 0 Å². The fraction of sp³-hybridized carbons (Fsp3) is 0.133. The topological polar surface area (TPSA) is 85.6 Å². The molecule has 110 valence electrons. The van der Waals surface area contributed by atoms with Crippen LogP contribution in [-0.4, -0.2) is 37.3 Å². The zero-order valence-corrected chi connectivity index (χ0v) is 12.0. The lowest BCUT2D eigenvalue weighted by Crippen LogP contribution is -2.28. The molecule has 0 radical (unpaired) electrons. The summed E-state index contributed by atoms with van der Waals surface area (Å²) in [6.07, 6.45) is 8.16. The molecule has 7 nitrogen and oxygen atoms in total. The highest BCUT2D eigenvalue weighted by molar-refractivity contribution is 5.83. The molecule has 1 amide bonds. The van der Waals surface area contributed by atoms with Crippen molar-refractivity contribution in [1.82, 2.24) is 30.0 Å². The number of aromatic nitrogens is 5. The van der Waals surface area contributed by atoms with Gasteiger partial charge in [-0.2, -0.15) is 9.78 Å². The molecule has 0 aliphatic carbocycles. The summed E-state index contributed by atoms with van der Waals surface area (Å²) in [5.41, 5.74) is 3.01. The van der Waals surface area contributed by atoms with Crippen molar-refractivity contribution in [1.29, 1.82) is 0 Å². The quantitative estimate of drug-likeness (QED) is 0.798. The van der Waals surface area contributed by atoms with Crippen LogP contribution >= 0.6 is 0 Å². The van der Waals surface area contributed by atoms with Crippen LogP contribution < -0.4 is 5.32 Å². The van der Waals surface area contributed by atoms with Crippen LogP contribution in [0.1, 0.15) is 6.92 Å². The number of rotatable bonds is 3. The first-order valence-electron chi connectivity index (χ1n) is 6.84. The van der Waals surface area contributed by atoms with E-state index in [1.54, 1.807) is 30.9 Å². The summed E-state index contributed by atoms with van der Waals surface area (Å²) in [5, 5.41) is 7.11. The number of carbonyl (C=O) groups excluding carboxylic acids is 1. The van der Waals surface area contributed by atoms with Gasteiger partial charge >= 0.3 is 6.03 Å². The number of nitrogens with zero attached hydrogens (tertiary/aromatic N) is 5. The third-order valence-electron chi connectivity index (χ3n) is 3.06. The maximum absolute atomic E-state index is 12.0. The molecule has 0 spiro atoms. The summed E-state index contributed by atoms with van der Waals surface area (Å²) in [6.45, 7) is 2.39. The van der Waals surface area contributed by atoms with Gasteiger partial charge in [0.2, 0.25) is 0 Å². The first kappa shape index (κ1) is 13.9. The van der Waals surface area contributed by atoms with E-state index in [9.17, 15) is 4.79 Å².